The minimum atomic E-state index is -2.60. The number of halogens is 2. The Hall–Kier alpha value is -0.693. The van der Waals surface area contributed by atoms with Crippen molar-refractivity contribution in [2.75, 3.05) is 20.4 Å². The van der Waals surface area contributed by atoms with Crippen molar-refractivity contribution in [3.63, 3.8) is 0 Å². The molecule has 0 rings (SSSR count). The van der Waals surface area contributed by atoms with E-state index in [2.05, 4.69) is 35.5 Å². The normalized spacial score (nSPS) is 13.1. The Morgan fingerprint density at radius 1 is 1.38 bits per heavy atom. The fourth-order valence-corrected chi connectivity index (χ4v) is 1.58. The highest BCUT2D eigenvalue weighted by atomic mass is 28.3. The van der Waals surface area contributed by atoms with Crippen molar-refractivity contribution >= 4 is 13.9 Å². The Morgan fingerprint density at radius 2 is 2.00 bits per heavy atom. The van der Waals surface area contributed by atoms with Gasteiger partial charge in [-0.05, 0) is 6.04 Å². The quantitative estimate of drug-likeness (QED) is 0.181. The Labute approximate surface area is 96.4 Å². The van der Waals surface area contributed by atoms with E-state index in [0.29, 0.717) is 6.61 Å². The summed E-state index contributed by atoms with van der Waals surface area (Å²) < 4.78 is 29.6. The van der Waals surface area contributed by atoms with E-state index in [-0.39, 0.29) is 12.6 Å². The SMILES string of the molecule is CN/C(=N\NCOCC[Si](C)(C)C)C(F)F. The van der Waals surface area contributed by atoms with Crippen LogP contribution in [0.4, 0.5) is 8.78 Å². The van der Waals surface area contributed by atoms with Crippen LogP contribution in [0, 0.1) is 0 Å². The summed E-state index contributed by atoms with van der Waals surface area (Å²) in [5, 5.41) is 5.77. The van der Waals surface area contributed by atoms with Crippen LogP contribution >= 0.6 is 0 Å². The summed E-state index contributed by atoms with van der Waals surface area (Å²) in [6.45, 7) is 7.54. The predicted octanol–water partition coefficient (Wildman–Crippen LogP) is 1.69. The average Bonchev–Trinajstić information content (AvgIpc) is 2.14. The monoisotopic (exact) mass is 253 g/mol. The minimum absolute atomic E-state index is 0.155. The maximum atomic E-state index is 12.2. The zero-order chi connectivity index (χ0) is 12.6. The van der Waals surface area contributed by atoms with E-state index in [9.17, 15) is 8.78 Å². The summed E-state index contributed by atoms with van der Waals surface area (Å²) >= 11 is 0. The summed E-state index contributed by atoms with van der Waals surface area (Å²) in [6, 6.07) is 1.05. The summed E-state index contributed by atoms with van der Waals surface area (Å²) in [5.41, 5.74) is 2.44. The van der Waals surface area contributed by atoms with Crippen LogP contribution in [0.15, 0.2) is 5.10 Å². The molecule has 0 atom stereocenters. The molecule has 0 aromatic heterocycles. The standard InChI is InChI=1S/C9H21F2N3OSi/c1-12-9(8(10)11)14-13-7-15-5-6-16(2,3)4/h8,13H,5-7H2,1-4H3,(H,12,14). The second-order valence-electron chi connectivity index (χ2n) is 4.57. The van der Waals surface area contributed by atoms with Crippen LogP contribution in [0.3, 0.4) is 0 Å². The van der Waals surface area contributed by atoms with Gasteiger partial charge in [0.2, 0.25) is 0 Å². The lowest BCUT2D eigenvalue weighted by atomic mass is 10.6. The molecule has 0 bridgehead atoms. The third-order valence-electron chi connectivity index (χ3n) is 1.83. The summed E-state index contributed by atoms with van der Waals surface area (Å²) in [7, 11) is 0.317. The first-order chi connectivity index (χ1) is 7.37. The van der Waals surface area contributed by atoms with E-state index in [1.165, 1.54) is 7.05 Å². The third-order valence-corrected chi connectivity index (χ3v) is 3.53. The number of nitrogens with zero attached hydrogens (tertiary/aromatic N) is 1. The van der Waals surface area contributed by atoms with Gasteiger partial charge in [0.25, 0.3) is 6.43 Å². The molecular weight excluding hydrogens is 232 g/mol. The van der Waals surface area contributed by atoms with E-state index >= 15 is 0 Å². The van der Waals surface area contributed by atoms with E-state index < -0.39 is 14.5 Å². The van der Waals surface area contributed by atoms with Gasteiger partial charge in [-0.25, -0.2) is 8.78 Å². The first-order valence-corrected chi connectivity index (χ1v) is 8.91. The van der Waals surface area contributed by atoms with Crippen molar-refractivity contribution in [3.8, 4) is 0 Å². The lowest BCUT2D eigenvalue weighted by Crippen LogP contribution is -2.30. The zero-order valence-electron chi connectivity index (χ0n) is 10.3. The van der Waals surface area contributed by atoms with Crippen molar-refractivity contribution < 1.29 is 13.5 Å². The van der Waals surface area contributed by atoms with Crippen molar-refractivity contribution in [2.24, 2.45) is 5.10 Å². The number of ether oxygens (including phenoxy) is 1. The molecule has 0 aliphatic heterocycles. The van der Waals surface area contributed by atoms with Gasteiger partial charge < -0.3 is 10.1 Å². The second kappa shape index (κ2) is 7.56. The van der Waals surface area contributed by atoms with E-state index in [4.69, 9.17) is 4.74 Å². The predicted molar refractivity (Wildman–Crippen MR) is 64.6 cm³/mol. The second-order valence-corrected chi connectivity index (χ2v) is 10.2. The molecule has 0 unspecified atom stereocenters. The van der Waals surface area contributed by atoms with Crippen LogP contribution in [-0.2, 0) is 4.74 Å². The molecular formula is C9H21F2N3OSi. The molecule has 0 saturated heterocycles. The van der Waals surface area contributed by atoms with E-state index in [1.54, 1.807) is 0 Å². The molecule has 0 aliphatic carbocycles. The third kappa shape index (κ3) is 8.60. The topological polar surface area (TPSA) is 45.7 Å². The van der Waals surface area contributed by atoms with Gasteiger partial charge in [0.1, 0.15) is 6.73 Å². The molecule has 2 N–H and O–H groups in total. The van der Waals surface area contributed by atoms with Crippen molar-refractivity contribution in [1.82, 2.24) is 10.7 Å². The average molecular weight is 253 g/mol. The van der Waals surface area contributed by atoms with Crippen LogP contribution in [-0.4, -0.2) is 40.7 Å². The maximum absolute atomic E-state index is 12.2. The molecule has 0 aliphatic rings. The number of amidine groups is 1. The molecule has 0 radical (unpaired) electrons. The van der Waals surface area contributed by atoms with Crippen LogP contribution in [0.1, 0.15) is 0 Å². The number of rotatable bonds is 7. The van der Waals surface area contributed by atoms with Crippen molar-refractivity contribution in [2.45, 2.75) is 32.1 Å². The van der Waals surface area contributed by atoms with Gasteiger partial charge in [-0.15, -0.1) is 0 Å². The highest BCUT2D eigenvalue weighted by molar-refractivity contribution is 6.76. The minimum Gasteiger partial charge on any atom is -0.370 e. The number of hydrazone groups is 1. The first kappa shape index (κ1) is 15.3. The van der Waals surface area contributed by atoms with Crippen molar-refractivity contribution in [1.29, 1.82) is 0 Å². The van der Waals surface area contributed by atoms with Gasteiger partial charge in [0.15, 0.2) is 5.84 Å². The Balaban J connectivity index is 3.60. The molecule has 96 valence electrons. The molecule has 0 saturated carbocycles. The van der Waals surface area contributed by atoms with Crippen LogP contribution in [0.5, 0.6) is 0 Å². The zero-order valence-corrected chi connectivity index (χ0v) is 11.3. The number of alkyl halides is 2. The molecule has 0 amide bonds. The highest BCUT2D eigenvalue weighted by Crippen LogP contribution is 2.06. The molecule has 0 spiro atoms. The molecule has 0 fully saturated rings. The Bertz CT molecular complexity index is 219. The summed E-state index contributed by atoms with van der Waals surface area (Å²) in [5.74, 6) is -0.381. The number of hydrogen-bond donors (Lipinski definition) is 2. The molecule has 7 heteroatoms. The molecule has 0 heterocycles. The van der Waals surface area contributed by atoms with Gasteiger partial charge in [-0.2, -0.15) is 5.10 Å². The fraction of sp³-hybridized carbons (Fsp3) is 0.889. The van der Waals surface area contributed by atoms with Gasteiger partial charge >= 0.3 is 0 Å². The summed E-state index contributed by atoms with van der Waals surface area (Å²) in [6.07, 6.45) is -2.60. The van der Waals surface area contributed by atoms with Gasteiger partial charge in [0, 0.05) is 21.7 Å². The largest absolute Gasteiger partial charge is 0.370 e. The molecule has 0 aromatic rings. The Morgan fingerprint density at radius 3 is 2.44 bits per heavy atom. The Kier molecular flexibility index (Phi) is 7.23. The smallest absolute Gasteiger partial charge is 0.296 e. The van der Waals surface area contributed by atoms with Crippen LogP contribution in [0.25, 0.3) is 0 Å². The van der Waals surface area contributed by atoms with Crippen molar-refractivity contribution in [3.05, 3.63) is 0 Å². The van der Waals surface area contributed by atoms with Gasteiger partial charge in [-0.1, -0.05) is 19.6 Å². The maximum Gasteiger partial charge on any atom is 0.296 e. The molecule has 0 aromatic carbocycles. The number of nitrogens with one attached hydrogen (secondary N) is 2. The lowest BCUT2D eigenvalue weighted by molar-refractivity contribution is 0.128. The molecule has 16 heavy (non-hydrogen) atoms. The first-order valence-electron chi connectivity index (χ1n) is 5.21. The van der Waals surface area contributed by atoms with Gasteiger partial charge in [-0.3, -0.25) is 5.43 Å². The highest BCUT2D eigenvalue weighted by Gasteiger charge is 2.12. The molecule has 4 nitrogen and oxygen atoms in total. The fourth-order valence-electron chi connectivity index (χ4n) is 0.827. The van der Waals surface area contributed by atoms with Gasteiger partial charge in [0.05, 0.1) is 0 Å². The van der Waals surface area contributed by atoms with Crippen LogP contribution < -0.4 is 10.7 Å². The van der Waals surface area contributed by atoms with E-state index in [0.717, 1.165) is 6.04 Å². The van der Waals surface area contributed by atoms with Crippen LogP contribution in [0.2, 0.25) is 25.7 Å². The lowest BCUT2D eigenvalue weighted by Gasteiger charge is -2.15. The van der Waals surface area contributed by atoms with E-state index in [1.807, 2.05) is 0 Å². The number of hydrogen-bond acceptors (Lipinski definition) is 3. The summed E-state index contributed by atoms with van der Waals surface area (Å²) in [4.78, 5) is 0.